The van der Waals surface area contributed by atoms with E-state index in [4.69, 9.17) is 5.84 Å². The first-order valence-electron chi connectivity index (χ1n) is 6.64. The van der Waals surface area contributed by atoms with Crippen molar-refractivity contribution in [2.24, 2.45) is 5.84 Å². The van der Waals surface area contributed by atoms with Gasteiger partial charge in [-0.3, -0.25) is 20.8 Å². The van der Waals surface area contributed by atoms with E-state index in [1.165, 1.54) is 18.2 Å². The number of hydrazine groups is 1. The minimum absolute atomic E-state index is 0.0887. The van der Waals surface area contributed by atoms with Gasteiger partial charge in [-0.1, -0.05) is 6.92 Å². The number of likely N-dealkylation sites (tertiary alicyclic amines) is 1. The minimum atomic E-state index is -0.537. The van der Waals surface area contributed by atoms with Crippen LogP contribution in [0.15, 0.2) is 18.2 Å². The minimum Gasteiger partial charge on any atom is -0.335 e. The maximum atomic E-state index is 12.6. The third-order valence-electron chi connectivity index (χ3n) is 3.70. The van der Waals surface area contributed by atoms with Crippen molar-refractivity contribution in [3.05, 3.63) is 33.9 Å². The first-order valence-corrected chi connectivity index (χ1v) is 6.64. The maximum absolute atomic E-state index is 12.6. The number of anilines is 1. The Morgan fingerprint density at radius 3 is 2.95 bits per heavy atom. The van der Waals surface area contributed by atoms with Gasteiger partial charge in [0.25, 0.3) is 11.6 Å². The highest BCUT2D eigenvalue weighted by atomic mass is 16.6. The average Bonchev–Trinajstić information content (AvgIpc) is 2.94. The highest BCUT2D eigenvalue weighted by Gasteiger charge is 2.31. The summed E-state index contributed by atoms with van der Waals surface area (Å²) in [5.74, 6) is 5.01. The van der Waals surface area contributed by atoms with E-state index in [-0.39, 0.29) is 23.2 Å². The average molecular weight is 278 g/mol. The first-order chi connectivity index (χ1) is 9.58. The van der Waals surface area contributed by atoms with Crippen molar-refractivity contribution in [3.63, 3.8) is 0 Å². The Morgan fingerprint density at radius 2 is 2.35 bits per heavy atom. The van der Waals surface area contributed by atoms with E-state index < -0.39 is 4.92 Å². The van der Waals surface area contributed by atoms with E-state index in [2.05, 4.69) is 5.43 Å². The van der Waals surface area contributed by atoms with Gasteiger partial charge in [0, 0.05) is 24.3 Å². The third-order valence-corrected chi connectivity index (χ3v) is 3.70. The standard InChI is InChI=1S/C13H18N4O3/c1-2-10-4-3-7-16(10)13(18)11-8-9(15-14)5-6-12(11)17(19)20/h5-6,8,10,15H,2-4,7,14H2,1H3. The molecule has 1 amide bonds. The second-order valence-electron chi connectivity index (χ2n) is 4.84. The summed E-state index contributed by atoms with van der Waals surface area (Å²) >= 11 is 0. The third kappa shape index (κ3) is 2.57. The molecule has 0 spiro atoms. The molecule has 1 heterocycles. The van der Waals surface area contributed by atoms with Crippen LogP contribution in [0.4, 0.5) is 11.4 Å². The van der Waals surface area contributed by atoms with Crippen LogP contribution in [0.5, 0.6) is 0 Å². The molecule has 1 aliphatic rings. The maximum Gasteiger partial charge on any atom is 0.282 e. The number of nitrogens with zero attached hydrogens (tertiary/aromatic N) is 2. The van der Waals surface area contributed by atoms with Gasteiger partial charge in [0.1, 0.15) is 5.56 Å². The van der Waals surface area contributed by atoms with Crippen LogP contribution in [0.2, 0.25) is 0 Å². The second kappa shape index (κ2) is 5.87. The van der Waals surface area contributed by atoms with Crippen molar-refractivity contribution in [2.75, 3.05) is 12.0 Å². The smallest absolute Gasteiger partial charge is 0.282 e. The lowest BCUT2D eigenvalue weighted by atomic mass is 10.1. The Balaban J connectivity index is 2.39. The van der Waals surface area contributed by atoms with Crippen LogP contribution in [-0.2, 0) is 0 Å². The van der Waals surface area contributed by atoms with E-state index in [9.17, 15) is 14.9 Å². The zero-order chi connectivity index (χ0) is 14.7. The summed E-state index contributed by atoms with van der Waals surface area (Å²) in [6.45, 7) is 2.66. The summed E-state index contributed by atoms with van der Waals surface area (Å²) in [4.78, 5) is 24.8. The van der Waals surface area contributed by atoms with Crippen molar-refractivity contribution < 1.29 is 9.72 Å². The van der Waals surface area contributed by atoms with Crippen LogP contribution in [-0.4, -0.2) is 28.3 Å². The lowest BCUT2D eigenvalue weighted by Crippen LogP contribution is -2.35. The number of carbonyl (C=O) groups excluding carboxylic acids is 1. The van der Waals surface area contributed by atoms with Crippen LogP contribution in [0.25, 0.3) is 0 Å². The molecule has 0 aliphatic carbocycles. The molecule has 1 aromatic rings. The molecule has 7 heteroatoms. The van der Waals surface area contributed by atoms with Gasteiger partial charge in [-0.15, -0.1) is 0 Å². The van der Waals surface area contributed by atoms with Crippen LogP contribution < -0.4 is 11.3 Å². The number of nitro benzene ring substituents is 1. The fraction of sp³-hybridized carbons (Fsp3) is 0.462. The number of nitrogens with one attached hydrogen (secondary N) is 1. The fourth-order valence-electron chi connectivity index (χ4n) is 2.64. The Kier molecular flexibility index (Phi) is 4.19. The van der Waals surface area contributed by atoms with Gasteiger partial charge in [0.15, 0.2) is 0 Å². The fourth-order valence-corrected chi connectivity index (χ4v) is 2.64. The van der Waals surface area contributed by atoms with Gasteiger partial charge < -0.3 is 10.3 Å². The Hall–Kier alpha value is -2.15. The SMILES string of the molecule is CCC1CCCN1C(=O)c1cc(NN)ccc1[N+](=O)[O-]. The van der Waals surface area contributed by atoms with E-state index in [0.717, 1.165) is 19.3 Å². The zero-order valence-electron chi connectivity index (χ0n) is 11.3. The van der Waals surface area contributed by atoms with Crippen LogP contribution in [0, 0.1) is 10.1 Å². The van der Waals surface area contributed by atoms with Crippen molar-refractivity contribution in [1.82, 2.24) is 4.90 Å². The first kappa shape index (κ1) is 14.3. The summed E-state index contributed by atoms with van der Waals surface area (Å²) in [6, 6.07) is 4.39. The zero-order valence-corrected chi connectivity index (χ0v) is 11.3. The number of nitrogens with two attached hydrogens (primary N) is 1. The second-order valence-corrected chi connectivity index (χ2v) is 4.84. The molecule has 1 saturated heterocycles. The van der Waals surface area contributed by atoms with Crippen LogP contribution >= 0.6 is 0 Å². The van der Waals surface area contributed by atoms with Gasteiger partial charge in [-0.05, 0) is 31.4 Å². The Labute approximate surface area is 116 Å². The number of amides is 1. The number of benzene rings is 1. The molecule has 0 saturated carbocycles. The summed E-state index contributed by atoms with van der Waals surface area (Å²) in [6.07, 6.45) is 2.74. The number of nitrogen functional groups attached to an aromatic ring is 1. The van der Waals surface area contributed by atoms with E-state index in [0.29, 0.717) is 12.2 Å². The number of hydrogen-bond acceptors (Lipinski definition) is 5. The molecular weight excluding hydrogens is 260 g/mol. The molecule has 0 aromatic heterocycles. The molecule has 1 fully saturated rings. The van der Waals surface area contributed by atoms with Crippen molar-refractivity contribution in [2.45, 2.75) is 32.2 Å². The Morgan fingerprint density at radius 1 is 1.60 bits per heavy atom. The van der Waals surface area contributed by atoms with E-state index in [1.54, 1.807) is 4.90 Å². The number of carbonyl (C=O) groups is 1. The predicted octanol–water partition coefficient (Wildman–Crippen LogP) is 1.90. The summed E-state index contributed by atoms with van der Waals surface area (Å²) in [5, 5.41) is 11.1. The molecule has 108 valence electrons. The van der Waals surface area contributed by atoms with Crippen LogP contribution in [0.3, 0.4) is 0 Å². The number of rotatable bonds is 4. The van der Waals surface area contributed by atoms with Crippen molar-refractivity contribution >= 4 is 17.3 Å². The molecular formula is C13H18N4O3. The Bertz CT molecular complexity index is 532. The van der Waals surface area contributed by atoms with Gasteiger partial charge >= 0.3 is 0 Å². The monoisotopic (exact) mass is 278 g/mol. The highest BCUT2D eigenvalue weighted by Crippen LogP contribution is 2.28. The molecule has 0 bridgehead atoms. The molecule has 7 nitrogen and oxygen atoms in total. The van der Waals surface area contributed by atoms with Gasteiger partial charge in [0.05, 0.1) is 4.92 Å². The van der Waals surface area contributed by atoms with Gasteiger partial charge in [-0.2, -0.15) is 0 Å². The lowest BCUT2D eigenvalue weighted by Gasteiger charge is -2.23. The van der Waals surface area contributed by atoms with E-state index >= 15 is 0 Å². The quantitative estimate of drug-likeness (QED) is 0.497. The van der Waals surface area contributed by atoms with E-state index in [1.807, 2.05) is 6.92 Å². The predicted molar refractivity (Wildman–Crippen MR) is 75.3 cm³/mol. The van der Waals surface area contributed by atoms with Crippen molar-refractivity contribution in [3.8, 4) is 0 Å². The summed E-state index contributed by atoms with van der Waals surface area (Å²) in [7, 11) is 0. The number of nitro groups is 1. The summed E-state index contributed by atoms with van der Waals surface area (Å²) in [5.41, 5.74) is 2.79. The number of hydrogen-bond donors (Lipinski definition) is 2. The summed E-state index contributed by atoms with van der Waals surface area (Å²) < 4.78 is 0. The topological polar surface area (TPSA) is 102 Å². The largest absolute Gasteiger partial charge is 0.335 e. The molecule has 3 N–H and O–H groups in total. The van der Waals surface area contributed by atoms with Crippen LogP contribution in [0.1, 0.15) is 36.5 Å². The molecule has 1 aliphatic heterocycles. The normalized spacial score (nSPS) is 18.1. The molecule has 2 rings (SSSR count). The molecule has 1 atom stereocenters. The highest BCUT2D eigenvalue weighted by molar-refractivity contribution is 5.99. The lowest BCUT2D eigenvalue weighted by molar-refractivity contribution is -0.385. The molecule has 0 radical (unpaired) electrons. The molecule has 1 aromatic carbocycles. The molecule has 20 heavy (non-hydrogen) atoms. The van der Waals surface area contributed by atoms with Crippen molar-refractivity contribution in [1.29, 1.82) is 0 Å². The van der Waals surface area contributed by atoms with Gasteiger partial charge in [-0.25, -0.2) is 0 Å². The molecule has 1 unspecified atom stereocenters. The van der Waals surface area contributed by atoms with Gasteiger partial charge in [0.2, 0.25) is 0 Å².